The van der Waals surface area contributed by atoms with Crippen molar-refractivity contribution >= 4 is 5.91 Å². The Balaban J connectivity index is 1.43. The summed E-state index contributed by atoms with van der Waals surface area (Å²) in [4.78, 5) is 14.3. The van der Waals surface area contributed by atoms with Gasteiger partial charge in [-0.2, -0.15) is 0 Å². The number of likely N-dealkylation sites (tertiary alicyclic amines) is 1. The molecule has 0 spiro atoms. The second-order valence-electron chi connectivity index (χ2n) is 6.19. The third kappa shape index (κ3) is 4.05. The molecule has 2 heterocycles. The molecule has 2 saturated heterocycles. The number of piperidine rings is 2. The van der Waals surface area contributed by atoms with Gasteiger partial charge in [-0.3, -0.25) is 9.69 Å². The molecule has 4 heteroatoms. The zero-order chi connectivity index (χ0) is 14.5. The number of rotatable bonds is 4. The van der Waals surface area contributed by atoms with E-state index >= 15 is 0 Å². The number of carbonyl (C=O) groups excluding carboxylic acids is 1. The SMILES string of the molecule is O=C1NCCCC1NC1CCN(Cc2ccccc2)CC1. The van der Waals surface area contributed by atoms with Crippen molar-refractivity contribution in [2.45, 2.75) is 44.3 Å². The van der Waals surface area contributed by atoms with E-state index in [0.29, 0.717) is 6.04 Å². The van der Waals surface area contributed by atoms with Crippen LogP contribution in [-0.4, -0.2) is 42.5 Å². The molecular weight excluding hydrogens is 262 g/mol. The fourth-order valence-electron chi connectivity index (χ4n) is 3.31. The van der Waals surface area contributed by atoms with Crippen LogP contribution < -0.4 is 10.6 Å². The molecule has 0 aromatic heterocycles. The predicted molar refractivity (Wildman–Crippen MR) is 83.9 cm³/mol. The van der Waals surface area contributed by atoms with E-state index in [1.807, 2.05) is 0 Å². The van der Waals surface area contributed by atoms with Crippen molar-refractivity contribution in [2.24, 2.45) is 0 Å². The Labute approximate surface area is 126 Å². The first-order chi connectivity index (χ1) is 10.3. The molecule has 1 atom stereocenters. The third-order valence-corrected chi connectivity index (χ3v) is 4.56. The fourth-order valence-corrected chi connectivity index (χ4v) is 3.31. The quantitative estimate of drug-likeness (QED) is 0.882. The molecule has 2 aliphatic heterocycles. The maximum absolute atomic E-state index is 11.8. The second kappa shape index (κ2) is 7.05. The number of hydrogen-bond acceptors (Lipinski definition) is 3. The highest BCUT2D eigenvalue weighted by atomic mass is 16.2. The molecule has 1 aromatic carbocycles. The van der Waals surface area contributed by atoms with Gasteiger partial charge < -0.3 is 10.6 Å². The van der Waals surface area contributed by atoms with E-state index in [9.17, 15) is 4.79 Å². The predicted octanol–water partition coefficient (Wildman–Crippen LogP) is 1.52. The number of carbonyl (C=O) groups is 1. The van der Waals surface area contributed by atoms with Crippen LogP contribution in [0, 0.1) is 0 Å². The number of nitrogens with one attached hydrogen (secondary N) is 2. The van der Waals surface area contributed by atoms with Gasteiger partial charge in [0.05, 0.1) is 6.04 Å². The highest BCUT2D eigenvalue weighted by Gasteiger charge is 2.26. The number of amides is 1. The molecule has 3 rings (SSSR count). The average molecular weight is 287 g/mol. The van der Waals surface area contributed by atoms with Crippen LogP contribution in [0.15, 0.2) is 30.3 Å². The molecule has 0 aliphatic carbocycles. The third-order valence-electron chi connectivity index (χ3n) is 4.56. The van der Waals surface area contributed by atoms with Crippen LogP contribution in [0.1, 0.15) is 31.2 Å². The second-order valence-corrected chi connectivity index (χ2v) is 6.19. The molecule has 0 radical (unpaired) electrons. The first kappa shape index (κ1) is 14.5. The molecule has 0 saturated carbocycles. The summed E-state index contributed by atoms with van der Waals surface area (Å²) in [5.41, 5.74) is 1.38. The van der Waals surface area contributed by atoms with Gasteiger partial charge >= 0.3 is 0 Å². The van der Waals surface area contributed by atoms with Gasteiger partial charge in [0.1, 0.15) is 0 Å². The Hall–Kier alpha value is -1.39. The van der Waals surface area contributed by atoms with E-state index in [2.05, 4.69) is 45.9 Å². The van der Waals surface area contributed by atoms with E-state index in [0.717, 1.165) is 51.9 Å². The molecule has 1 aromatic rings. The standard InChI is InChI=1S/C17H25N3O/c21-17-16(7-4-10-18-17)19-15-8-11-20(12-9-15)13-14-5-2-1-3-6-14/h1-3,5-6,15-16,19H,4,7-13H2,(H,18,21). The zero-order valence-electron chi connectivity index (χ0n) is 12.6. The topological polar surface area (TPSA) is 44.4 Å². The van der Waals surface area contributed by atoms with Crippen molar-refractivity contribution in [1.29, 1.82) is 0 Å². The largest absolute Gasteiger partial charge is 0.355 e. The van der Waals surface area contributed by atoms with Crippen molar-refractivity contribution in [3.05, 3.63) is 35.9 Å². The molecule has 2 fully saturated rings. The highest BCUT2D eigenvalue weighted by molar-refractivity contribution is 5.82. The molecule has 1 unspecified atom stereocenters. The van der Waals surface area contributed by atoms with Gasteiger partial charge in [0, 0.05) is 19.1 Å². The van der Waals surface area contributed by atoms with Crippen molar-refractivity contribution < 1.29 is 4.79 Å². The van der Waals surface area contributed by atoms with Crippen LogP contribution in [0.25, 0.3) is 0 Å². The van der Waals surface area contributed by atoms with Crippen LogP contribution in [0.5, 0.6) is 0 Å². The lowest BCUT2D eigenvalue weighted by Crippen LogP contribution is -2.53. The van der Waals surface area contributed by atoms with Crippen LogP contribution in [0.2, 0.25) is 0 Å². The van der Waals surface area contributed by atoms with Crippen molar-refractivity contribution in [1.82, 2.24) is 15.5 Å². The summed E-state index contributed by atoms with van der Waals surface area (Å²) < 4.78 is 0. The Morgan fingerprint density at radius 1 is 1.14 bits per heavy atom. The van der Waals surface area contributed by atoms with Gasteiger partial charge in [0.25, 0.3) is 0 Å². The van der Waals surface area contributed by atoms with E-state index in [-0.39, 0.29) is 11.9 Å². The number of nitrogens with zero attached hydrogens (tertiary/aromatic N) is 1. The molecular formula is C17H25N3O. The van der Waals surface area contributed by atoms with Crippen LogP contribution in [0.3, 0.4) is 0 Å². The maximum Gasteiger partial charge on any atom is 0.237 e. The van der Waals surface area contributed by atoms with Gasteiger partial charge in [0.15, 0.2) is 0 Å². The van der Waals surface area contributed by atoms with Crippen molar-refractivity contribution in [2.75, 3.05) is 19.6 Å². The summed E-state index contributed by atoms with van der Waals surface area (Å²) in [6.45, 7) is 4.10. The maximum atomic E-state index is 11.8. The Kier molecular flexibility index (Phi) is 4.88. The monoisotopic (exact) mass is 287 g/mol. The van der Waals surface area contributed by atoms with Gasteiger partial charge in [0.2, 0.25) is 5.91 Å². The van der Waals surface area contributed by atoms with Crippen LogP contribution in [0.4, 0.5) is 0 Å². The van der Waals surface area contributed by atoms with Gasteiger partial charge in [-0.25, -0.2) is 0 Å². The zero-order valence-corrected chi connectivity index (χ0v) is 12.6. The molecule has 2 N–H and O–H groups in total. The summed E-state index contributed by atoms with van der Waals surface area (Å²) in [5, 5.41) is 6.50. The normalized spacial score (nSPS) is 24.8. The van der Waals surface area contributed by atoms with Crippen LogP contribution in [-0.2, 0) is 11.3 Å². The number of hydrogen-bond donors (Lipinski definition) is 2. The average Bonchev–Trinajstić information content (AvgIpc) is 2.52. The lowest BCUT2D eigenvalue weighted by atomic mass is 10.00. The van der Waals surface area contributed by atoms with Crippen molar-refractivity contribution in [3.63, 3.8) is 0 Å². The highest BCUT2D eigenvalue weighted by Crippen LogP contribution is 2.15. The Bertz CT molecular complexity index is 454. The van der Waals surface area contributed by atoms with E-state index in [1.165, 1.54) is 5.56 Å². The van der Waals surface area contributed by atoms with E-state index in [4.69, 9.17) is 0 Å². The van der Waals surface area contributed by atoms with Gasteiger partial charge in [-0.1, -0.05) is 30.3 Å². The van der Waals surface area contributed by atoms with Gasteiger partial charge in [-0.15, -0.1) is 0 Å². The minimum absolute atomic E-state index is 0.0319. The van der Waals surface area contributed by atoms with E-state index < -0.39 is 0 Å². The lowest BCUT2D eigenvalue weighted by molar-refractivity contribution is -0.124. The Morgan fingerprint density at radius 2 is 1.90 bits per heavy atom. The minimum atomic E-state index is 0.0319. The molecule has 4 nitrogen and oxygen atoms in total. The smallest absolute Gasteiger partial charge is 0.237 e. The fraction of sp³-hybridized carbons (Fsp3) is 0.588. The molecule has 114 valence electrons. The minimum Gasteiger partial charge on any atom is -0.355 e. The number of benzene rings is 1. The summed E-state index contributed by atoms with van der Waals surface area (Å²) in [6, 6.07) is 11.2. The Morgan fingerprint density at radius 3 is 2.62 bits per heavy atom. The molecule has 0 bridgehead atoms. The van der Waals surface area contributed by atoms with Crippen molar-refractivity contribution in [3.8, 4) is 0 Å². The first-order valence-electron chi connectivity index (χ1n) is 8.11. The van der Waals surface area contributed by atoms with E-state index in [1.54, 1.807) is 0 Å². The molecule has 2 aliphatic rings. The first-order valence-corrected chi connectivity index (χ1v) is 8.11. The summed E-state index contributed by atoms with van der Waals surface area (Å²) in [7, 11) is 0. The summed E-state index contributed by atoms with van der Waals surface area (Å²) >= 11 is 0. The molecule has 21 heavy (non-hydrogen) atoms. The summed E-state index contributed by atoms with van der Waals surface area (Å²) in [6.07, 6.45) is 4.35. The summed E-state index contributed by atoms with van der Waals surface area (Å²) in [5.74, 6) is 0.188. The van der Waals surface area contributed by atoms with Crippen LogP contribution >= 0.6 is 0 Å². The van der Waals surface area contributed by atoms with Gasteiger partial charge in [-0.05, 0) is 44.3 Å². The molecule has 1 amide bonds. The lowest BCUT2D eigenvalue weighted by Gasteiger charge is -2.35.